The van der Waals surface area contributed by atoms with Gasteiger partial charge in [-0.05, 0) is 32.1 Å². The van der Waals surface area contributed by atoms with Crippen LogP contribution in [0.3, 0.4) is 0 Å². The van der Waals surface area contributed by atoms with Gasteiger partial charge in [0.05, 0.1) is 0 Å². The summed E-state index contributed by atoms with van der Waals surface area (Å²) in [6.07, 6.45) is 1.20. The van der Waals surface area contributed by atoms with Crippen molar-refractivity contribution < 1.29 is 4.43 Å². The molecule has 0 aromatic rings. The maximum Gasteiger partial charge on any atom is 0.186 e. The van der Waals surface area contributed by atoms with Gasteiger partial charge in [-0.2, -0.15) is 0 Å². The molecule has 0 radical (unpaired) electrons. The van der Waals surface area contributed by atoms with Gasteiger partial charge in [-0.3, -0.25) is 0 Å². The van der Waals surface area contributed by atoms with Gasteiger partial charge in [-0.1, -0.05) is 0 Å². The molecule has 12 heavy (non-hydrogen) atoms. The molecule has 0 amide bonds. The van der Waals surface area contributed by atoms with E-state index in [9.17, 15) is 0 Å². The van der Waals surface area contributed by atoms with E-state index in [4.69, 9.17) is 10.2 Å². The zero-order valence-electron chi connectivity index (χ0n) is 8.52. The highest BCUT2D eigenvalue weighted by Crippen LogP contribution is 2.11. The van der Waals surface area contributed by atoms with Gasteiger partial charge in [0.15, 0.2) is 8.32 Å². The van der Waals surface area contributed by atoms with Crippen LogP contribution in [0.1, 0.15) is 6.42 Å². The average molecular weight is 190 g/mol. The van der Waals surface area contributed by atoms with Crippen molar-refractivity contribution in [2.24, 2.45) is 5.73 Å². The molecule has 0 aliphatic rings. The maximum atomic E-state index is 5.43. The van der Waals surface area contributed by atoms with Crippen molar-refractivity contribution in [3.05, 3.63) is 0 Å². The fourth-order valence-corrected chi connectivity index (χ4v) is 2.20. The molecule has 0 saturated heterocycles. The Bertz CT molecular complexity index is 109. The topological polar surface area (TPSA) is 47.3 Å². The van der Waals surface area contributed by atoms with E-state index in [0.29, 0.717) is 0 Å². The van der Waals surface area contributed by atoms with Gasteiger partial charge in [0, 0.05) is 20.2 Å². The minimum absolute atomic E-state index is 0.727. The van der Waals surface area contributed by atoms with Gasteiger partial charge in [0.2, 0.25) is 0 Å². The Hall–Kier alpha value is 0.0969. The molecule has 0 aromatic heterocycles. The Morgan fingerprint density at radius 2 is 2.00 bits per heavy atom. The molecule has 0 fully saturated rings. The molecule has 0 spiro atoms. The minimum Gasteiger partial charge on any atom is -0.420 e. The third-order valence-electron chi connectivity index (χ3n) is 2.01. The van der Waals surface area contributed by atoms with Crippen molar-refractivity contribution in [1.82, 2.24) is 5.32 Å². The van der Waals surface area contributed by atoms with Crippen molar-refractivity contribution in [2.45, 2.75) is 25.6 Å². The van der Waals surface area contributed by atoms with Crippen LogP contribution in [0.4, 0.5) is 0 Å². The largest absolute Gasteiger partial charge is 0.420 e. The summed E-state index contributed by atoms with van der Waals surface area (Å²) in [5.74, 6) is 0. The fourth-order valence-electron chi connectivity index (χ4n) is 0.968. The van der Waals surface area contributed by atoms with Crippen LogP contribution < -0.4 is 11.1 Å². The summed E-state index contributed by atoms with van der Waals surface area (Å²) in [6.45, 7) is 7.21. The molecule has 0 unspecified atom stereocenters. The molecule has 3 N–H and O–H groups in total. The maximum absolute atomic E-state index is 5.43. The van der Waals surface area contributed by atoms with E-state index >= 15 is 0 Å². The molecular formula is C8H22N2OSi. The lowest BCUT2D eigenvalue weighted by Gasteiger charge is -2.19. The van der Waals surface area contributed by atoms with Crippen molar-refractivity contribution >= 4 is 8.32 Å². The van der Waals surface area contributed by atoms with Gasteiger partial charge in [0.25, 0.3) is 0 Å². The summed E-state index contributed by atoms with van der Waals surface area (Å²) in [5.41, 5.74) is 5.34. The summed E-state index contributed by atoms with van der Waals surface area (Å²) in [6, 6.07) is 1.22. The Balaban J connectivity index is 3.19. The number of nitrogens with two attached hydrogens (primary N) is 1. The minimum atomic E-state index is -1.31. The average Bonchev–Trinajstić information content (AvgIpc) is 2.04. The summed E-state index contributed by atoms with van der Waals surface area (Å²) < 4.78 is 5.43. The van der Waals surface area contributed by atoms with Gasteiger partial charge in [-0.25, -0.2) is 0 Å². The quantitative estimate of drug-likeness (QED) is 0.461. The highest BCUT2D eigenvalue weighted by molar-refractivity contribution is 6.71. The standard InChI is InChI=1S/C8H22N2OSi/c1-11-12(2,3)8-4-6-10-7-5-9/h10H,4-9H2,1-3H3. The number of hydrogen-bond donors (Lipinski definition) is 2. The molecule has 0 aromatic carbocycles. The van der Waals surface area contributed by atoms with Crippen LogP contribution in [0, 0.1) is 0 Å². The molecule has 0 rings (SSSR count). The summed E-state index contributed by atoms with van der Waals surface area (Å²) >= 11 is 0. The normalized spacial score (nSPS) is 12.0. The predicted octanol–water partition coefficient (Wildman–Crippen LogP) is 0.776. The molecule has 0 atom stereocenters. The second kappa shape index (κ2) is 6.60. The highest BCUT2D eigenvalue weighted by atomic mass is 28.4. The lowest BCUT2D eigenvalue weighted by Crippen LogP contribution is -2.30. The molecule has 0 aliphatic carbocycles. The van der Waals surface area contributed by atoms with Gasteiger partial charge < -0.3 is 15.5 Å². The van der Waals surface area contributed by atoms with Crippen LogP contribution in [0.25, 0.3) is 0 Å². The zero-order chi connectivity index (χ0) is 9.45. The van der Waals surface area contributed by atoms with Crippen molar-refractivity contribution in [1.29, 1.82) is 0 Å². The molecule has 0 aliphatic heterocycles. The highest BCUT2D eigenvalue weighted by Gasteiger charge is 2.18. The van der Waals surface area contributed by atoms with Crippen molar-refractivity contribution in [3.8, 4) is 0 Å². The van der Waals surface area contributed by atoms with E-state index in [1.807, 2.05) is 7.11 Å². The third kappa shape index (κ3) is 6.79. The molecular weight excluding hydrogens is 168 g/mol. The molecule has 3 nitrogen and oxygen atoms in total. The van der Waals surface area contributed by atoms with Crippen LogP contribution in [-0.2, 0) is 4.43 Å². The second-order valence-corrected chi connectivity index (χ2v) is 8.03. The third-order valence-corrected chi connectivity index (χ3v) is 4.67. The first-order chi connectivity index (χ1) is 5.62. The Morgan fingerprint density at radius 3 is 2.50 bits per heavy atom. The smallest absolute Gasteiger partial charge is 0.186 e. The van der Waals surface area contributed by atoms with Crippen molar-refractivity contribution in [2.75, 3.05) is 26.7 Å². The SMILES string of the molecule is CO[Si](C)(C)CCCNCCN. The Kier molecular flexibility index (Phi) is 6.65. The van der Waals surface area contributed by atoms with E-state index in [0.717, 1.165) is 19.6 Å². The number of hydrogen-bond acceptors (Lipinski definition) is 3. The van der Waals surface area contributed by atoms with E-state index in [2.05, 4.69) is 18.4 Å². The number of nitrogens with one attached hydrogen (secondary N) is 1. The first kappa shape index (κ1) is 12.1. The second-order valence-electron chi connectivity index (χ2n) is 3.61. The van der Waals surface area contributed by atoms with Gasteiger partial charge in [0.1, 0.15) is 0 Å². The van der Waals surface area contributed by atoms with Crippen molar-refractivity contribution in [3.63, 3.8) is 0 Å². The van der Waals surface area contributed by atoms with E-state index in [1.165, 1.54) is 12.5 Å². The first-order valence-corrected chi connectivity index (χ1v) is 7.70. The summed E-state index contributed by atoms with van der Waals surface area (Å²) in [7, 11) is 0.510. The van der Waals surface area contributed by atoms with Crippen LogP contribution >= 0.6 is 0 Å². The van der Waals surface area contributed by atoms with E-state index in [1.54, 1.807) is 0 Å². The van der Waals surface area contributed by atoms with Crippen LogP contribution in [-0.4, -0.2) is 35.1 Å². The predicted molar refractivity (Wildman–Crippen MR) is 55.8 cm³/mol. The lowest BCUT2D eigenvalue weighted by molar-refractivity contribution is 0.401. The van der Waals surface area contributed by atoms with Gasteiger partial charge >= 0.3 is 0 Å². The molecule has 0 heterocycles. The number of rotatable bonds is 7. The van der Waals surface area contributed by atoms with E-state index in [-0.39, 0.29) is 0 Å². The molecule has 4 heteroatoms. The summed E-state index contributed by atoms with van der Waals surface area (Å²) in [5, 5.41) is 3.27. The van der Waals surface area contributed by atoms with Gasteiger partial charge in [-0.15, -0.1) is 0 Å². The lowest BCUT2D eigenvalue weighted by atomic mass is 10.5. The zero-order valence-corrected chi connectivity index (χ0v) is 9.52. The fraction of sp³-hybridized carbons (Fsp3) is 1.00. The molecule has 0 saturated carbocycles. The first-order valence-electron chi connectivity index (χ1n) is 4.58. The van der Waals surface area contributed by atoms with Crippen LogP contribution in [0.5, 0.6) is 0 Å². The Labute approximate surface area is 76.8 Å². The van der Waals surface area contributed by atoms with Crippen LogP contribution in [0.15, 0.2) is 0 Å². The monoisotopic (exact) mass is 190 g/mol. The molecule has 74 valence electrons. The van der Waals surface area contributed by atoms with Crippen LogP contribution in [0.2, 0.25) is 19.1 Å². The summed E-state index contributed by atoms with van der Waals surface area (Å²) in [4.78, 5) is 0. The molecule has 0 bridgehead atoms. The Morgan fingerprint density at radius 1 is 1.33 bits per heavy atom. The van der Waals surface area contributed by atoms with E-state index < -0.39 is 8.32 Å².